The smallest absolute Gasteiger partial charge is 0.169 e. The molecule has 8 heteroatoms. The van der Waals surface area contributed by atoms with E-state index in [1.54, 1.807) is 18.6 Å². The van der Waals surface area contributed by atoms with E-state index in [-0.39, 0.29) is 12.2 Å². The lowest BCUT2D eigenvalue weighted by Gasteiger charge is -2.53. The van der Waals surface area contributed by atoms with Crippen LogP contribution >= 0.6 is 0 Å². The number of anilines is 1. The summed E-state index contributed by atoms with van der Waals surface area (Å²) in [6, 6.07) is 11.7. The average Bonchev–Trinajstić information content (AvgIpc) is 3.28. The van der Waals surface area contributed by atoms with Gasteiger partial charge < -0.3 is 14.8 Å². The van der Waals surface area contributed by atoms with Gasteiger partial charge in [0.15, 0.2) is 5.78 Å². The van der Waals surface area contributed by atoms with Gasteiger partial charge in [-0.3, -0.25) is 4.79 Å². The summed E-state index contributed by atoms with van der Waals surface area (Å²) in [5.41, 5.74) is 4.63. The van der Waals surface area contributed by atoms with Crippen molar-refractivity contribution < 1.29 is 4.79 Å². The van der Waals surface area contributed by atoms with E-state index in [0.29, 0.717) is 16.7 Å². The molecule has 0 unspecified atom stereocenters. The van der Waals surface area contributed by atoms with Crippen molar-refractivity contribution in [3.05, 3.63) is 66.4 Å². The number of aryl methyl sites for hydroxylation is 1. The molecule has 0 atom stereocenters. The number of pyridine rings is 1. The van der Waals surface area contributed by atoms with Crippen molar-refractivity contribution >= 4 is 22.5 Å². The van der Waals surface area contributed by atoms with Crippen molar-refractivity contribution in [2.24, 2.45) is 12.5 Å². The second-order valence-corrected chi connectivity index (χ2v) is 9.61. The molecule has 5 heterocycles. The Kier molecular flexibility index (Phi) is 5.10. The fraction of sp³-hybridized carbons (Fsp3) is 0.346. The first-order valence-corrected chi connectivity index (χ1v) is 11.8. The molecule has 0 radical (unpaired) electrons. The van der Waals surface area contributed by atoms with E-state index in [1.165, 1.54) is 12.8 Å². The fourth-order valence-electron chi connectivity index (χ4n) is 5.20. The van der Waals surface area contributed by atoms with Crippen molar-refractivity contribution in [3.8, 4) is 11.3 Å². The second-order valence-electron chi connectivity index (χ2n) is 9.61. The molecule has 0 bridgehead atoms. The number of piperidine rings is 1. The summed E-state index contributed by atoms with van der Waals surface area (Å²) >= 11 is 0. The topological polar surface area (TPSA) is 88.8 Å². The Morgan fingerprint density at radius 2 is 1.94 bits per heavy atom. The lowest BCUT2D eigenvalue weighted by molar-refractivity contribution is 0.0991. The van der Waals surface area contributed by atoms with Crippen molar-refractivity contribution in [1.29, 1.82) is 0 Å². The molecule has 1 N–H and O–H groups in total. The quantitative estimate of drug-likeness (QED) is 0.465. The van der Waals surface area contributed by atoms with E-state index in [4.69, 9.17) is 0 Å². The van der Waals surface area contributed by atoms with Crippen LogP contribution in [0.5, 0.6) is 0 Å². The Morgan fingerprint density at radius 3 is 2.74 bits per heavy atom. The molecule has 2 fully saturated rings. The van der Waals surface area contributed by atoms with Crippen molar-refractivity contribution in [2.45, 2.75) is 19.3 Å². The van der Waals surface area contributed by atoms with Gasteiger partial charge in [0.2, 0.25) is 0 Å². The molecule has 0 amide bonds. The van der Waals surface area contributed by atoms with Crippen LogP contribution in [0.15, 0.2) is 55.1 Å². The molecule has 0 aliphatic carbocycles. The van der Waals surface area contributed by atoms with E-state index in [9.17, 15) is 4.79 Å². The molecule has 2 saturated heterocycles. The van der Waals surface area contributed by atoms with E-state index in [1.807, 2.05) is 42.1 Å². The standard InChI is InChI=1S/C26H27N7O/c1-32-17-28-14-23(32)18-2-3-22-20(10-18)11-21(30-31-22)13-24(34)19-4-7-29-25(12-19)33-15-26(16-33)5-8-27-9-6-26/h2-4,7,10-12,14,17,27H,5-6,8-9,13,15-16H2,1H3. The van der Waals surface area contributed by atoms with Gasteiger partial charge in [-0.1, -0.05) is 6.07 Å². The number of Topliss-reactive ketones (excluding diaryl/α,β-unsaturated/α-hetero) is 1. The van der Waals surface area contributed by atoms with Gasteiger partial charge in [-0.15, -0.1) is 0 Å². The minimum absolute atomic E-state index is 0.0252. The van der Waals surface area contributed by atoms with Gasteiger partial charge in [0.25, 0.3) is 0 Å². The lowest BCUT2D eigenvalue weighted by Crippen LogP contribution is -2.60. The van der Waals surface area contributed by atoms with Crippen LogP contribution in [0.1, 0.15) is 28.9 Å². The van der Waals surface area contributed by atoms with Gasteiger partial charge in [-0.25, -0.2) is 9.97 Å². The van der Waals surface area contributed by atoms with Crippen LogP contribution < -0.4 is 10.2 Å². The number of aromatic nitrogens is 5. The fourth-order valence-corrected chi connectivity index (χ4v) is 5.20. The summed E-state index contributed by atoms with van der Waals surface area (Å²) < 4.78 is 1.98. The number of carbonyl (C=O) groups excluding carboxylic acids is 1. The Morgan fingerprint density at radius 1 is 1.09 bits per heavy atom. The van der Waals surface area contributed by atoms with E-state index < -0.39 is 0 Å². The largest absolute Gasteiger partial charge is 0.355 e. The number of carbonyl (C=O) groups is 1. The first-order chi connectivity index (χ1) is 16.6. The van der Waals surface area contributed by atoms with Gasteiger partial charge in [-0.2, -0.15) is 10.2 Å². The van der Waals surface area contributed by atoms with Crippen LogP contribution in [0, 0.1) is 5.41 Å². The van der Waals surface area contributed by atoms with Crippen LogP contribution in [-0.4, -0.2) is 56.7 Å². The molecule has 8 nitrogen and oxygen atoms in total. The van der Waals surface area contributed by atoms with Crippen LogP contribution in [-0.2, 0) is 13.5 Å². The molecule has 6 rings (SSSR count). The number of imidazole rings is 1. The van der Waals surface area contributed by atoms with E-state index >= 15 is 0 Å². The molecule has 2 aliphatic rings. The molecule has 3 aromatic heterocycles. The maximum Gasteiger partial charge on any atom is 0.169 e. The lowest BCUT2D eigenvalue weighted by atomic mass is 9.72. The number of fused-ring (bicyclic) bond motifs is 1. The van der Waals surface area contributed by atoms with Crippen molar-refractivity contribution in [1.82, 2.24) is 30.0 Å². The summed E-state index contributed by atoms with van der Waals surface area (Å²) in [5, 5.41) is 13.0. The molecular weight excluding hydrogens is 426 g/mol. The van der Waals surface area contributed by atoms with Gasteiger partial charge in [0, 0.05) is 48.3 Å². The number of nitrogens with zero attached hydrogens (tertiary/aromatic N) is 6. The van der Waals surface area contributed by atoms with Gasteiger partial charge in [0.05, 0.1) is 35.8 Å². The van der Waals surface area contributed by atoms with E-state index in [0.717, 1.165) is 54.2 Å². The summed E-state index contributed by atoms with van der Waals surface area (Å²) in [7, 11) is 1.97. The molecular formula is C26H27N7O. The number of hydrogen-bond acceptors (Lipinski definition) is 7. The highest BCUT2D eigenvalue weighted by molar-refractivity contribution is 5.98. The number of hydrogen-bond donors (Lipinski definition) is 1. The summed E-state index contributed by atoms with van der Waals surface area (Å²) in [4.78, 5) is 24.1. The Balaban J connectivity index is 1.19. The molecule has 2 aliphatic heterocycles. The van der Waals surface area contributed by atoms with Gasteiger partial charge in [0.1, 0.15) is 5.82 Å². The van der Waals surface area contributed by atoms with E-state index in [2.05, 4.69) is 36.4 Å². The average molecular weight is 454 g/mol. The maximum atomic E-state index is 13.1. The third kappa shape index (κ3) is 3.84. The zero-order valence-electron chi connectivity index (χ0n) is 19.2. The number of rotatable bonds is 5. The minimum atomic E-state index is 0.0252. The monoisotopic (exact) mass is 453 g/mol. The molecule has 0 saturated carbocycles. The summed E-state index contributed by atoms with van der Waals surface area (Å²) in [5.74, 6) is 0.914. The molecule has 172 valence electrons. The van der Waals surface area contributed by atoms with Crippen molar-refractivity contribution in [2.75, 3.05) is 31.1 Å². The highest BCUT2D eigenvalue weighted by Crippen LogP contribution is 2.40. The predicted octanol–water partition coefficient (Wildman–Crippen LogP) is 3.04. The summed E-state index contributed by atoms with van der Waals surface area (Å²) in [6.07, 6.45) is 7.99. The molecule has 34 heavy (non-hydrogen) atoms. The normalized spacial score (nSPS) is 17.1. The van der Waals surface area contributed by atoms with Crippen molar-refractivity contribution in [3.63, 3.8) is 0 Å². The highest BCUT2D eigenvalue weighted by Gasteiger charge is 2.43. The molecule has 1 spiro atoms. The van der Waals surface area contributed by atoms with Gasteiger partial charge in [-0.05, 0) is 56.3 Å². The zero-order chi connectivity index (χ0) is 23.1. The predicted molar refractivity (Wildman–Crippen MR) is 131 cm³/mol. The summed E-state index contributed by atoms with van der Waals surface area (Å²) in [6.45, 7) is 4.23. The van der Waals surface area contributed by atoms with Crippen LogP contribution in [0.3, 0.4) is 0 Å². The molecule has 4 aromatic rings. The zero-order valence-corrected chi connectivity index (χ0v) is 19.2. The van der Waals surface area contributed by atoms with Crippen LogP contribution in [0.2, 0.25) is 0 Å². The Hall–Kier alpha value is -3.65. The minimum Gasteiger partial charge on any atom is -0.355 e. The number of nitrogens with one attached hydrogen (secondary N) is 1. The highest BCUT2D eigenvalue weighted by atomic mass is 16.1. The molecule has 1 aromatic carbocycles. The third-order valence-corrected chi connectivity index (χ3v) is 7.20. The maximum absolute atomic E-state index is 13.1. The Bertz CT molecular complexity index is 1360. The van der Waals surface area contributed by atoms with Gasteiger partial charge >= 0.3 is 0 Å². The second kappa shape index (κ2) is 8.29. The third-order valence-electron chi connectivity index (χ3n) is 7.20. The van der Waals surface area contributed by atoms with Crippen LogP contribution in [0.4, 0.5) is 5.82 Å². The first kappa shape index (κ1) is 20.9. The first-order valence-electron chi connectivity index (χ1n) is 11.8. The number of ketones is 1. The SMILES string of the molecule is Cn1cncc1-c1ccc2nnc(CC(=O)c3ccnc(N4CC5(CCNCC5)C4)c3)cc2c1. The Labute approximate surface area is 198 Å². The van der Waals surface area contributed by atoms with Crippen LogP contribution in [0.25, 0.3) is 22.2 Å². The number of benzene rings is 1.